The van der Waals surface area contributed by atoms with Crippen LogP contribution in [0.4, 0.5) is 31.4 Å². The van der Waals surface area contributed by atoms with Gasteiger partial charge in [0.1, 0.15) is 43.7 Å². The Bertz CT molecular complexity index is 3350. The van der Waals surface area contributed by atoms with E-state index in [0.29, 0.717) is 35.5 Å². The Labute approximate surface area is 501 Å². The first-order chi connectivity index (χ1) is 41.6. The third-order valence-corrected chi connectivity index (χ3v) is 15.8. The molecule has 1 spiro atoms. The molecule has 0 bridgehead atoms. The van der Waals surface area contributed by atoms with Gasteiger partial charge >= 0.3 is 18.3 Å². The maximum Gasteiger partial charge on any atom is 0.416 e. The van der Waals surface area contributed by atoms with Crippen LogP contribution in [0.3, 0.4) is 0 Å². The summed E-state index contributed by atoms with van der Waals surface area (Å²) in [4.78, 5) is 100. The maximum atomic E-state index is 14.5. The van der Waals surface area contributed by atoms with Crippen molar-refractivity contribution in [3.63, 3.8) is 0 Å². The average molecular weight is 1200 g/mol. The SMILES string of the molecule is C=CCOC(=O)N[C@H](C(=O)N[C@@H](C)C(=O)Nc1ccc(COC(=O)N2c3cc(OCCCOc4cc5c(cc4OC)C(=O)N4C=C(c6ccc(OC)cc6)C(O)(O)[C@@H]4CN5C(=O)OCC=C)c(OC)cc3C(=O)N3CC4(CC4)C[C@H]3C2O)cc1)C(C)C. The Morgan fingerprint density at radius 2 is 1.36 bits per heavy atom. The van der Waals surface area contributed by atoms with Crippen molar-refractivity contribution in [3.05, 3.63) is 127 Å². The minimum Gasteiger partial charge on any atom is -0.497 e. The fourth-order valence-electron chi connectivity index (χ4n) is 11.0. The highest BCUT2D eigenvalue weighted by Gasteiger charge is 2.58. The summed E-state index contributed by atoms with van der Waals surface area (Å²) in [5, 5.41) is 43.4. The van der Waals surface area contributed by atoms with E-state index in [2.05, 4.69) is 29.1 Å². The summed E-state index contributed by atoms with van der Waals surface area (Å²) < 4.78 is 45.4. The van der Waals surface area contributed by atoms with Crippen molar-refractivity contribution in [1.82, 2.24) is 20.4 Å². The van der Waals surface area contributed by atoms with Gasteiger partial charge in [-0.05, 0) is 85.0 Å². The lowest BCUT2D eigenvalue weighted by atomic mass is 9.95. The summed E-state index contributed by atoms with van der Waals surface area (Å²) >= 11 is 0. The lowest BCUT2D eigenvalue weighted by molar-refractivity contribution is -0.135. The maximum absolute atomic E-state index is 14.5. The van der Waals surface area contributed by atoms with E-state index in [4.69, 9.17) is 37.9 Å². The van der Waals surface area contributed by atoms with Gasteiger partial charge in [-0.3, -0.25) is 24.1 Å². The number of carbonyl (C=O) groups is 7. The number of hydrogen-bond acceptors (Lipinski definition) is 18. The van der Waals surface area contributed by atoms with E-state index in [1.165, 1.54) is 70.9 Å². The molecule has 25 nitrogen and oxygen atoms in total. The van der Waals surface area contributed by atoms with E-state index in [-0.39, 0.29) is 102 Å². The van der Waals surface area contributed by atoms with Gasteiger partial charge < -0.3 is 79.0 Å². The minimum absolute atomic E-state index is 0.0131. The van der Waals surface area contributed by atoms with Crippen molar-refractivity contribution in [3.8, 4) is 28.7 Å². The largest absolute Gasteiger partial charge is 0.497 e. The van der Waals surface area contributed by atoms with Gasteiger partial charge in [-0.15, -0.1) is 0 Å². The summed E-state index contributed by atoms with van der Waals surface area (Å²) in [5.74, 6) is -4.14. The molecule has 1 saturated carbocycles. The molecule has 1 aliphatic carbocycles. The van der Waals surface area contributed by atoms with Gasteiger partial charge in [-0.2, -0.15) is 0 Å². The van der Waals surface area contributed by atoms with Crippen LogP contribution in [0.15, 0.2) is 104 Å². The van der Waals surface area contributed by atoms with E-state index in [1.54, 1.807) is 67.3 Å². The van der Waals surface area contributed by atoms with Crippen molar-refractivity contribution in [2.24, 2.45) is 11.3 Å². The molecule has 4 aromatic rings. The number of fused-ring (bicyclic) bond motifs is 4. The average Bonchev–Trinajstić information content (AvgIpc) is 1.89. The highest BCUT2D eigenvalue weighted by Crippen LogP contribution is 2.57. The number of carbonyl (C=O) groups excluding carboxylic acids is 7. The molecule has 9 rings (SSSR count). The second-order valence-electron chi connectivity index (χ2n) is 22.0. The first-order valence-electron chi connectivity index (χ1n) is 28.2. The molecular formula is C62H71N7O18. The van der Waals surface area contributed by atoms with Crippen LogP contribution >= 0.6 is 0 Å². The zero-order valence-electron chi connectivity index (χ0n) is 49.1. The molecule has 25 heteroatoms. The van der Waals surface area contributed by atoms with Gasteiger partial charge in [0.25, 0.3) is 11.8 Å². The van der Waals surface area contributed by atoms with Crippen LogP contribution in [0.2, 0.25) is 0 Å². The highest BCUT2D eigenvalue weighted by atomic mass is 16.6. The number of nitrogens with zero attached hydrogens (tertiary/aromatic N) is 4. The second-order valence-corrected chi connectivity index (χ2v) is 22.0. The number of aliphatic hydroxyl groups is 3. The Morgan fingerprint density at radius 1 is 0.736 bits per heavy atom. The highest BCUT2D eigenvalue weighted by molar-refractivity contribution is 6.08. The van der Waals surface area contributed by atoms with Crippen LogP contribution in [0.1, 0.15) is 78.3 Å². The summed E-state index contributed by atoms with van der Waals surface area (Å²) in [6, 6.07) is 14.5. The lowest BCUT2D eigenvalue weighted by Gasteiger charge is -2.33. The Morgan fingerprint density at radius 3 is 1.95 bits per heavy atom. The number of nitrogens with one attached hydrogen (secondary N) is 3. The third kappa shape index (κ3) is 13.1. The molecule has 7 amide bonds. The third-order valence-electron chi connectivity index (χ3n) is 15.8. The number of methoxy groups -OCH3 is 3. The molecule has 5 aliphatic rings. The first kappa shape index (κ1) is 62.2. The molecule has 4 heterocycles. The second kappa shape index (κ2) is 26.1. The van der Waals surface area contributed by atoms with Crippen LogP contribution in [-0.2, 0) is 30.4 Å². The van der Waals surface area contributed by atoms with Gasteiger partial charge in [-0.25, -0.2) is 19.3 Å². The Kier molecular flexibility index (Phi) is 18.7. The molecule has 0 radical (unpaired) electrons. The molecule has 1 unspecified atom stereocenters. The minimum atomic E-state index is -2.63. The van der Waals surface area contributed by atoms with Gasteiger partial charge in [0.15, 0.2) is 29.2 Å². The molecule has 0 aromatic heterocycles. The van der Waals surface area contributed by atoms with Crippen molar-refractivity contribution < 1.29 is 86.8 Å². The number of ether oxygens (including phenoxy) is 8. The molecule has 4 aliphatic heterocycles. The number of rotatable bonds is 22. The molecule has 1 saturated heterocycles. The Balaban J connectivity index is 0.882. The van der Waals surface area contributed by atoms with Gasteiger partial charge in [0.2, 0.25) is 17.6 Å². The predicted octanol–water partition coefficient (Wildman–Crippen LogP) is 6.10. The molecule has 87 heavy (non-hydrogen) atoms. The number of amides is 7. The van der Waals surface area contributed by atoms with E-state index >= 15 is 0 Å². The quantitative estimate of drug-likeness (QED) is 0.0224. The smallest absolute Gasteiger partial charge is 0.416 e. The molecule has 5 atom stereocenters. The topological polar surface area (TPSA) is 303 Å². The van der Waals surface area contributed by atoms with Crippen LogP contribution in [0, 0.1) is 11.3 Å². The van der Waals surface area contributed by atoms with E-state index in [9.17, 15) is 48.9 Å². The summed E-state index contributed by atoms with van der Waals surface area (Å²) in [6.07, 6.45) is 2.29. The molecule has 4 aromatic carbocycles. The fraction of sp³-hybridized carbons (Fsp3) is 0.403. The van der Waals surface area contributed by atoms with Crippen molar-refractivity contribution in [2.45, 2.75) is 89.2 Å². The van der Waals surface area contributed by atoms with Crippen LogP contribution in [0.25, 0.3) is 5.57 Å². The van der Waals surface area contributed by atoms with Crippen molar-refractivity contribution >= 4 is 64.5 Å². The van der Waals surface area contributed by atoms with E-state index in [0.717, 1.165) is 27.5 Å². The van der Waals surface area contributed by atoms with Crippen LogP contribution in [0.5, 0.6) is 28.7 Å². The van der Waals surface area contributed by atoms with Gasteiger partial charge in [0.05, 0.1) is 69.6 Å². The van der Waals surface area contributed by atoms with Crippen molar-refractivity contribution in [1.29, 1.82) is 0 Å². The monoisotopic (exact) mass is 1200 g/mol. The lowest BCUT2D eigenvalue weighted by Crippen LogP contribution is -2.53. The van der Waals surface area contributed by atoms with Crippen LogP contribution in [-0.4, -0.2) is 164 Å². The standard InChI is InChI=1S/C62H71N7O18/c1-9-22-85-58(75)65-52(35(3)4)54(71)63-36(5)53(70)64-39-16-12-37(13-17-39)33-87-60(77)69-45-29-50(48(82-8)27-42(45)56(73)68-34-61(20-21-61)30-46(68)57(69)74)84-25-11-24-83-49-28-44-41(26-47(49)81-7)55(72)67-31-43(38-14-18-40(80-6)19-15-38)62(78,79)51(67)32-66(44)59(76)86-23-10-2/h9-10,12-19,26-29,31,35-36,46,51-52,57,74,78-79H,1-2,11,20-25,30,32-34H2,3-8H3,(H,63,71)(H,64,70)(H,65,75)/t36-,46-,51-,52-,57?/m0/s1. The van der Waals surface area contributed by atoms with Crippen molar-refractivity contribution in [2.75, 3.05) is 76.0 Å². The van der Waals surface area contributed by atoms with Crippen LogP contribution < -0.4 is 49.4 Å². The number of benzene rings is 4. The van der Waals surface area contributed by atoms with Gasteiger partial charge in [0, 0.05) is 42.6 Å². The Hall–Kier alpha value is -9.33. The first-order valence-corrected chi connectivity index (χ1v) is 28.2. The zero-order chi connectivity index (χ0) is 62.5. The number of hydrogen-bond donors (Lipinski definition) is 6. The number of alkyl carbamates (subject to hydrolysis) is 1. The summed E-state index contributed by atoms with van der Waals surface area (Å²) in [7, 11) is 4.26. The number of anilines is 3. The summed E-state index contributed by atoms with van der Waals surface area (Å²) in [6.45, 7) is 11.5. The fourth-order valence-corrected chi connectivity index (χ4v) is 11.0. The van der Waals surface area contributed by atoms with E-state index in [1.807, 2.05) is 0 Å². The molecule has 6 N–H and O–H groups in total. The molecule has 2 fully saturated rings. The zero-order valence-corrected chi connectivity index (χ0v) is 49.1. The molecular weight excluding hydrogens is 1130 g/mol. The molecule has 462 valence electrons. The normalized spacial score (nSPS) is 19.1. The predicted molar refractivity (Wildman–Crippen MR) is 314 cm³/mol. The van der Waals surface area contributed by atoms with E-state index < -0.39 is 84.6 Å². The van der Waals surface area contributed by atoms with Gasteiger partial charge in [-0.1, -0.05) is 63.4 Å². The summed E-state index contributed by atoms with van der Waals surface area (Å²) in [5.41, 5.74) is 1.22. The number of aliphatic hydroxyl groups excluding tert-OH is 1.